The minimum Gasteiger partial charge on any atom is -0.265 e. The fourth-order valence-corrected chi connectivity index (χ4v) is 3.89. The van der Waals surface area contributed by atoms with Crippen LogP contribution in [0, 0.1) is 0 Å². The number of rotatable bonds is 5. The summed E-state index contributed by atoms with van der Waals surface area (Å²) in [5.74, 6) is 0.0293. The summed E-state index contributed by atoms with van der Waals surface area (Å²) >= 11 is 23.8. The Labute approximate surface area is 170 Å². The molecular formula is C16H11Cl4N3O2S. The lowest BCUT2D eigenvalue weighted by Gasteiger charge is -2.06. The van der Waals surface area contributed by atoms with E-state index < -0.39 is 10.0 Å². The normalized spacial score (nSPS) is 11.5. The molecule has 5 nitrogen and oxygen atoms in total. The number of nitrogens with one attached hydrogen (secondary N) is 1. The molecule has 0 aliphatic heterocycles. The Morgan fingerprint density at radius 2 is 1.62 bits per heavy atom. The number of nitrogens with zero attached hydrogens (tertiary/aromatic N) is 2. The molecule has 10 heteroatoms. The van der Waals surface area contributed by atoms with Crippen molar-refractivity contribution in [3.05, 3.63) is 74.3 Å². The number of anilines is 1. The number of hydrogen-bond donors (Lipinski definition) is 1. The first-order valence-corrected chi connectivity index (χ1v) is 10.2. The Balaban J connectivity index is 1.81. The molecule has 0 saturated heterocycles. The maximum Gasteiger partial charge on any atom is 0.263 e. The molecule has 0 bridgehead atoms. The molecule has 0 amide bonds. The molecule has 3 rings (SSSR count). The highest BCUT2D eigenvalue weighted by molar-refractivity contribution is 7.92. The van der Waals surface area contributed by atoms with Gasteiger partial charge in [-0.3, -0.25) is 9.40 Å². The molecule has 0 saturated carbocycles. The van der Waals surface area contributed by atoms with Crippen LogP contribution in [0.5, 0.6) is 0 Å². The Hall–Kier alpha value is -1.44. The van der Waals surface area contributed by atoms with Crippen molar-refractivity contribution in [3.63, 3.8) is 0 Å². The zero-order valence-electron chi connectivity index (χ0n) is 13.0. The van der Waals surface area contributed by atoms with Gasteiger partial charge in [-0.1, -0.05) is 52.5 Å². The van der Waals surface area contributed by atoms with E-state index in [1.807, 2.05) is 0 Å². The van der Waals surface area contributed by atoms with Gasteiger partial charge < -0.3 is 0 Å². The van der Waals surface area contributed by atoms with Crippen molar-refractivity contribution >= 4 is 62.2 Å². The molecule has 1 heterocycles. The van der Waals surface area contributed by atoms with E-state index >= 15 is 0 Å². The summed E-state index contributed by atoms with van der Waals surface area (Å²) in [5, 5.41) is 5.66. The van der Waals surface area contributed by atoms with Gasteiger partial charge in [-0.2, -0.15) is 5.10 Å². The van der Waals surface area contributed by atoms with Crippen LogP contribution >= 0.6 is 46.4 Å². The highest BCUT2D eigenvalue weighted by Gasteiger charge is 2.18. The summed E-state index contributed by atoms with van der Waals surface area (Å²) in [6, 6.07) is 10.9. The fourth-order valence-electron chi connectivity index (χ4n) is 2.17. The summed E-state index contributed by atoms with van der Waals surface area (Å²) in [7, 11) is -3.83. The van der Waals surface area contributed by atoms with Gasteiger partial charge in [-0.25, -0.2) is 8.42 Å². The summed E-state index contributed by atoms with van der Waals surface area (Å²) in [6.07, 6.45) is 1.52. The third-order valence-electron chi connectivity index (χ3n) is 3.40. The summed E-state index contributed by atoms with van der Waals surface area (Å²) in [4.78, 5) is 0.0528. The SMILES string of the molecule is O=S(=O)(Nc1nn(Cc2ccc(Cl)c(Cl)c2)cc1Cl)c1ccc(Cl)cc1. The topological polar surface area (TPSA) is 64.0 Å². The van der Waals surface area contributed by atoms with Crippen molar-refractivity contribution in [2.45, 2.75) is 11.4 Å². The second-order valence-electron chi connectivity index (χ2n) is 5.33. The molecule has 136 valence electrons. The lowest BCUT2D eigenvalue weighted by atomic mass is 10.2. The first kappa shape index (κ1) is 19.3. The zero-order valence-corrected chi connectivity index (χ0v) is 16.8. The van der Waals surface area contributed by atoms with Crippen LogP contribution in [0.15, 0.2) is 53.6 Å². The van der Waals surface area contributed by atoms with E-state index in [-0.39, 0.29) is 15.7 Å². The van der Waals surface area contributed by atoms with Crippen LogP contribution < -0.4 is 4.72 Å². The number of halogens is 4. The van der Waals surface area contributed by atoms with Crippen LogP contribution in [0.2, 0.25) is 20.1 Å². The van der Waals surface area contributed by atoms with Crippen LogP contribution in [-0.4, -0.2) is 18.2 Å². The van der Waals surface area contributed by atoms with Gasteiger partial charge in [0.05, 0.1) is 21.5 Å². The number of hydrogen-bond acceptors (Lipinski definition) is 3. The Morgan fingerprint density at radius 3 is 2.27 bits per heavy atom. The van der Waals surface area contributed by atoms with Gasteiger partial charge in [0, 0.05) is 11.2 Å². The maximum atomic E-state index is 12.4. The Bertz CT molecular complexity index is 1050. The fraction of sp³-hybridized carbons (Fsp3) is 0.0625. The van der Waals surface area contributed by atoms with Gasteiger partial charge >= 0.3 is 0 Å². The third kappa shape index (κ3) is 4.45. The van der Waals surface area contributed by atoms with Crippen LogP contribution in [0.4, 0.5) is 5.82 Å². The van der Waals surface area contributed by atoms with Gasteiger partial charge in [0.1, 0.15) is 5.02 Å². The van der Waals surface area contributed by atoms with Gasteiger partial charge in [-0.15, -0.1) is 0 Å². The van der Waals surface area contributed by atoms with E-state index in [1.165, 1.54) is 35.1 Å². The largest absolute Gasteiger partial charge is 0.265 e. The molecule has 0 spiro atoms. The van der Waals surface area contributed by atoms with E-state index in [0.717, 1.165) is 5.56 Å². The molecule has 2 aromatic carbocycles. The smallest absolute Gasteiger partial charge is 0.263 e. The standard InChI is InChI=1S/C16H11Cl4N3O2S/c17-11-2-4-12(5-3-11)26(24,25)22-16-15(20)9-23(21-16)8-10-1-6-13(18)14(19)7-10/h1-7,9H,8H2,(H,21,22). The lowest BCUT2D eigenvalue weighted by molar-refractivity contribution is 0.600. The minimum absolute atomic E-state index is 0.0293. The van der Waals surface area contributed by atoms with E-state index in [4.69, 9.17) is 46.4 Å². The van der Waals surface area contributed by atoms with E-state index in [1.54, 1.807) is 18.2 Å². The van der Waals surface area contributed by atoms with Crippen LogP contribution in [0.1, 0.15) is 5.56 Å². The van der Waals surface area contributed by atoms with Crippen LogP contribution in [-0.2, 0) is 16.6 Å². The third-order valence-corrected chi connectivity index (χ3v) is 6.02. The summed E-state index contributed by atoms with van der Waals surface area (Å²) in [5.41, 5.74) is 0.839. The average Bonchev–Trinajstić information content (AvgIpc) is 2.90. The maximum absolute atomic E-state index is 12.4. The summed E-state index contributed by atoms with van der Waals surface area (Å²) < 4.78 is 28.7. The van der Waals surface area contributed by atoms with Crippen LogP contribution in [0.25, 0.3) is 0 Å². The van der Waals surface area contributed by atoms with Crippen molar-refractivity contribution in [1.29, 1.82) is 0 Å². The van der Waals surface area contributed by atoms with Crippen LogP contribution in [0.3, 0.4) is 0 Å². The molecular weight excluding hydrogens is 440 g/mol. The lowest BCUT2D eigenvalue weighted by Crippen LogP contribution is -2.14. The van der Waals surface area contributed by atoms with Crippen molar-refractivity contribution in [2.75, 3.05) is 4.72 Å². The van der Waals surface area contributed by atoms with E-state index in [2.05, 4.69) is 9.82 Å². The van der Waals surface area contributed by atoms with Crippen molar-refractivity contribution in [1.82, 2.24) is 9.78 Å². The Morgan fingerprint density at radius 1 is 0.923 bits per heavy atom. The molecule has 0 fully saturated rings. The van der Waals surface area contributed by atoms with Crippen molar-refractivity contribution in [2.24, 2.45) is 0 Å². The molecule has 0 radical (unpaired) electrons. The minimum atomic E-state index is -3.83. The molecule has 0 aliphatic carbocycles. The molecule has 3 aromatic rings. The van der Waals surface area contributed by atoms with Crippen molar-refractivity contribution < 1.29 is 8.42 Å². The zero-order chi connectivity index (χ0) is 18.9. The monoisotopic (exact) mass is 449 g/mol. The number of aromatic nitrogens is 2. The predicted octanol–water partition coefficient (Wildman–Crippen LogP) is 5.35. The first-order chi connectivity index (χ1) is 12.2. The Kier molecular flexibility index (Phi) is 5.69. The average molecular weight is 451 g/mol. The van der Waals surface area contributed by atoms with Gasteiger partial charge in [0.25, 0.3) is 10.0 Å². The van der Waals surface area contributed by atoms with Gasteiger partial charge in [-0.05, 0) is 42.0 Å². The second-order valence-corrected chi connectivity index (χ2v) is 8.67. The van der Waals surface area contributed by atoms with E-state index in [0.29, 0.717) is 21.6 Å². The second kappa shape index (κ2) is 7.66. The first-order valence-electron chi connectivity index (χ1n) is 7.20. The summed E-state index contributed by atoms with van der Waals surface area (Å²) in [6.45, 7) is 0.347. The van der Waals surface area contributed by atoms with Gasteiger partial charge in [0.15, 0.2) is 5.82 Å². The molecule has 26 heavy (non-hydrogen) atoms. The molecule has 1 N–H and O–H groups in total. The molecule has 0 unspecified atom stereocenters. The predicted molar refractivity (Wildman–Crippen MR) is 105 cm³/mol. The van der Waals surface area contributed by atoms with Crippen molar-refractivity contribution in [3.8, 4) is 0 Å². The highest BCUT2D eigenvalue weighted by Crippen LogP contribution is 2.26. The quantitative estimate of drug-likeness (QED) is 0.570. The number of benzene rings is 2. The molecule has 1 aromatic heterocycles. The van der Waals surface area contributed by atoms with E-state index in [9.17, 15) is 8.42 Å². The molecule has 0 aliphatic rings. The van der Waals surface area contributed by atoms with Gasteiger partial charge in [0.2, 0.25) is 0 Å². The molecule has 0 atom stereocenters. The number of sulfonamides is 1. The highest BCUT2D eigenvalue weighted by atomic mass is 35.5.